The van der Waals surface area contributed by atoms with Crippen LogP contribution in [0.4, 0.5) is 8.78 Å². The van der Waals surface area contributed by atoms with Crippen LogP contribution in [-0.2, 0) is 12.8 Å². The van der Waals surface area contributed by atoms with Crippen molar-refractivity contribution in [3.05, 3.63) is 71.3 Å². The van der Waals surface area contributed by atoms with E-state index in [1.165, 1.54) is 12.1 Å². The highest BCUT2D eigenvalue weighted by atomic mass is 19.1. The van der Waals surface area contributed by atoms with Gasteiger partial charge in [0.15, 0.2) is 0 Å². The molecule has 0 aliphatic heterocycles. The number of rotatable bonds is 6. The van der Waals surface area contributed by atoms with E-state index in [4.69, 9.17) is 0 Å². The van der Waals surface area contributed by atoms with Crippen molar-refractivity contribution in [2.45, 2.75) is 25.8 Å². The average Bonchev–Trinajstić information content (AvgIpc) is 2.44. The van der Waals surface area contributed by atoms with E-state index in [-0.39, 0.29) is 17.7 Å². The lowest BCUT2D eigenvalue weighted by Crippen LogP contribution is -2.33. The Kier molecular flexibility index (Phi) is 5.24. The molecule has 0 atom stereocenters. The molecule has 2 rings (SSSR count). The van der Waals surface area contributed by atoms with Crippen molar-refractivity contribution in [2.75, 3.05) is 6.54 Å². The molecule has 0 amide bonds. The van der Waals surface area contributed by atoms with Crippen LogP contribution >= 0.6 is 0 Å². The molecule has 0 radical (unpaired) electrons. The molecule has 0 saturated carbocycles. The zero-order chi connectivity index (χ0) is 14.4. The van der Waals surface area contributed by atoms with E-state index < -0.39 is 0 Å². The van der Waals surface area contributed by atoms with Crippen molar-refractivity contribution in [3.63, 3.8) is 0 Å². The smallest absolute Gasteiger partial charge is 0.126 e. The summed E-state index contributed by atoms with van der Waals surface area (Å²) in [7, 11) is 0. The van der Waals surface area contributed by atoms with Crippen LogP contribution in [0.1, 0.15) is 18.1 Å². The second-order valence-electron chi connectivity index (χ2n) is 4.85. The molecule has 106 valence electrons. The van der Waals surface area contributed by atoms with Crippen molar-refractivity contribution in [3.8, 4) is 0 Å². The molecule has 0 saturated heterocycles. The molecule has 0 bridgehead atoms. The Morgan fingerprint density at radius 1 is 0.850 bits per heavy atom. The largest absolute Gasteiger partial charge is 0.314 e. The van der Waals surface area contributed by atoms with Gasteiger partial charge in [-0.2, -0.15) is 0 Å². The van der Waals surface area contributed by atoms with Crippen LogP contribution in [0, 0.1) is 11.6 Å². The number of nitrogens with one attached hydrogen (secondary N) is 1. The molecule has 0 unspecified atom stereocenters. The van der Waals surface area contributed by atoms with Crippen molar-refractivity contribution >= 4 is 0 Å². The van der Waals surface area contributed by atoms with Gasteiger partial charge in [0.05, 0.1) is 0 Å². The minimum Gasteiger partial charge on any atom is -0.314 e. The molecule has 0 spiro atoms. The normalized spacial score (nSPS) is 11.0. The predicted molar refractivity (Wildman–Crippen MR) is 77.7 cm³/mol. The van der Waals surface area contributed by atoms with Gasteiger partial charge in [0.1, 0.15) is 11.6 Å². The topological polar surface area (TPSA) is 12.0 Å². The third-order valence-corrected chi connectivity index (χ3v) is 3.34. The summed E-state index contributed by atoms with van der Waals surface area (Å²) < 4.78 is 27.4. The van der Waals surface area contributed by atoms with E-state index in [0.29, 0.717) is 24.0 Å². The first kappa shape index (κ1) is 14.7. The summed E-state index contributed by atoms with van der Waals surface area (Å²) in [5, 5.41) is 3.30. The lowest BCUT2D eigenvalue weighted by Gasteiger charge is -2.18. The quantitative estimate of drug-likeness (QED) is 0.847. The standard InChI is InChI=1S/C17H19F2N/c1-2-20-15(11-13-7-3-5-9-16(13)18)12-14-8-4-6-10-17(14)19/h3-10,15,20H,2,11-12H2,1H3. The summed E-state index contributed by atoms with van der Waals surface area (Å²) in [6.07, 6.45) is 1.10. The van der Waals surface area contributed by atoms with E-state index in [9.17, 15) is 8.78 Å². The SMILES string of the molecule is CCNC(Cc1ccccc1F)Cc1ccccc1F. The monoisotopic (exact) mass is 275 g/mol. The Morgan fingerprint density at radius 3 is 1.70 bits per heavy atom. The first-order valence-corrected chi connectivity index (χ1v) is 6.91. The van der Waals surface area contributed by atoms with Crippen LogP contribution < -0.4 is 5.32 Å². The number of likely N-dealkylation sites (N-methyl/N-ethyl adjacent to an activating group) is 1. The maximum absolute atomic E-state index is 13.7. The van der Waals surface area contributed by atoms with E-state index in [1.54, 1.807) is 24.3 Å². The van der Waals surface area contributed by atoms with Gasteiger partial charge in [0, 0.05) is 6.04 Å². The first-order chi connectivity index (χ1) is 9.70. The third kappa shape index (κ3) is 3.87. The lowest BCUT2D eigenvalue weighted by molar-refractivity contribution is 0.494. The number of hydrogen-bond donors (Lipinski definition) is 1. The van der Waals surface area contributed by atoms with Gasteiger partial charge in [-0.15, -0.1) is 0 Å². The minimum atomic E-state index is -0.205. The third-order valence-electron chi connectivity index (χ3n) is 3.34. The van der Waals surface area contributed by atoms with E-state index >= 15 is 0 Å². The van der Waals surface area contributed by atoms with Crippen LogP contribution in [0.2, 0.25) is 0 Å². The maximum atomic E-state index is 13.7. The summed E-state index contributed by atoms with van der Waals surface area (Å²) >= 11 is 0. The molecule has 2 aromatic carbocycles. The Bertz CT molecular complexity index is 507. The van der Waals surface area contributed by atoms with Gasteiger partial charge in [-0.05, 0) is 42.6 Å². The highest BCUT2D eigenvalue weighted by molar-refractivity contribution is 5.22. The van der Waals surface area contributed by atoms with Gasteiger partial charge in [-0.3, -0.25) is 0 Å². The summed E-state index contributed by atoms with van der Waals surface area (Å²) in [5.41, 5.74) is 1.32. The maximum Gasteiger partial charge on any atom is 0.126 e. The summed E-state index contributed by atoms with van der Waals surface area (Å²) in [6.45, 7) is 2.77. The van der Waals surface area contributed by atoms with Crippen molar-refractivity contribution in [2.24, 2.45) is 0 Å². The van der Waals surface area contributed by atoms with Gasteiger partial charge >= 0.3 is 0 Å². The summed E-state index contributed by atoms with van der Waals surface area (Å²) in [6, 6.07) is 13.5. The van der Waals surface area contributed by atoms with Gasteiger partial charge in [-0.25, -0.2) is 8.78 Å². The molecule has 20 heavy (non-hydrogen) atoms. The molecule has 0 fully saturated rings. The molecule has 0 aliphatic carbocycles. The molecule has 3 heteroatoms. The van der Waals surface area contributed by atoms with Gasteiger partial charge in [0.25, 0.3) is 0 Å². The Morgan fingerprint density at radius 2 is 1.30 bits per heavy atom. The van der Waals surface area contributed by atoms with Crippen LogP contribution in [0.3, 0.4) is 0 Å². The fraction of sp³-hybridized carbons (Fsp3) is 0.294. The lowest BCUT2D eigenvalue weighted by atomic mass is 9.98. The second kappa shape index (κ2) is 7.15. The number of hydrogen-bond acceptors (Lipinski definition) is 1. The van der Waals surface area contributed by atoms with Crippen LogP contribution in [0.25, 0.3) is 0 Å². The van der Waals surface area contributed by atoms with Crippen LogP contribution in [-0.4, -0.2) is 12.6 Å². The summed E-state index contributed by atoms with van der Waals surface area (Å²) in [4.78, 5) is 0. The molecular weight excluding hydrogens is 256 g/mol. The van der Waals surface area contributed by atoms with Crippen molar-refractivity contribution in [1.29, 1.82) is 0 Å². The highest BCUT2D eigenvalue weighted by Crippen LogP contribution is 2.14. The van der Waals surface area contributed by atoms with E-state index in [2.05, 4.69) is 5.32 Å². The average molecular weight is 275 g/mol. The Hall–Kier alpha value is -1.74. The van der Waals surface area contributed by atoms with Gasteiger partial charge in [-0.1, -0.05) is 43.3 Å². The fourth-order valence-electron chi connectivity index (χ4n) is 2.36. The van der Waals surface area contributed by atoms with E-state index in [1.807, 2.05) is 19.1 Å². The summed E-state index contributed by atoms with van der Waals surface area (Å²) in [5.74, 6) is -0.409. The fourth-order valence-corrected chi connectivity index (χ4v) is 2.36. The van der Waals surface area contributed by atoms with Gasteiger partial charge < -0.3 is 5.32 Å². The van der Waals surface area contributed by atoms with Crippen LogP contribution in [0.15, 0.2) is 48.5 Å². The molecule has 0 heterocycles. The Balaban J connectivity index is 2.12. The van der Waals surface area contributed by atoms with Crippen molar-refractivity contribution in [1.82, 2.24) is 5.32 Å². The highest BCUT2D eigenvalue weighted by Gasteiger charge is 2.13. The first-order valence-electron chi connectivity index (χ1n) is 6.91. The second-order valence-corrected chi connectivity index (χ2v) is 4.85. The molecular formula is C17H19F2N. The Labute approximate surface area is 118 Å². The number of benzene rings is 2. The van der Waals surface area contributed by atoms with Crippen molar-refractivity contribution < 1.29 is 8.78 Å². The molecule has 1 nitrogen and oxygen atoms in total. The van der Waals surface area contributed by atoms with E-state index in [0.717, 1.165) is 6.54 Å². The zero-order valence-corrected chi connectivity index (χ0v) is 11.6. The van der Waals surface area contributed by atoms with Gasteiger partial charge in [0.2, 0.25) is 0 Å². The molecule has 0 aromatic heterocycles. The molecule has 0 aliphatic rings. The number of halogens is 2. The van der Waals surface area contributed by atoms with Crippen LogP contribution in [0.5, 0.6) is 0 Å². The molecule has 2 aromatic rings. The molecule has 1 N–H and O–H groups in total. The zero-order valence-electron chi connectivity index (χ0n) is 11.6. The predicted octanol–water partition coefficient (Wildman–Crippen LogP) is 3.73. The minimum absolute atomic E-state index is 0.0220.